The van der Waals surface area contributed by atoms with Crippen LogP contribution in [0.5, 0.6) is 0 Å². The standard InChI is InChI=1S/C16H12FN3O/c17-15-3-1-2-12(8-15)9-20-10-14(11-21)16(19-20)13-4-6-18-7-5-13/h1-8,10-11H,9H2. The van der Waals surface area contributed by atoms with Crippen LogP contribution in [0.15, 0.2) is 55.0 Å². The molecule has 0 unspecified atom stereocenters. The quantitative estimate of drug-likeness (QED) is 0.691. The highest BCUT2D eigenvalue weighted by Gasteiger charge is 2.10. The van der Waals surface area contributed by atoms with Gasteiger partial charge in [0.1, 0.15) is 11.5 Å². The van der Waals surface area contributed by atoms with Crippen LogP contribution in [0.3, 0.4) is 0 Å². The Bertz CT molecular complexity index is 768. The number of aldehydes is 1. The Labute approximate surface area is 120 Å². The first-order chi connectivity index (χ1) is 10.3. The maximum atomic E-state index is 13.2. The molecule has 0 aliphatic carbocycles. The van der Waals surface area contributed by atoms with Gasteiger partial charge in [0.25, 0.3) is 0 Å². The summed E-state index contributed by atoms with van der Waals surface area (Å²) in [5.41, 5.74) is 2.71. The summed E-state index contributed by atoms with van der Waals surface area (Å²) in [6.45, 7) is 0.406. The predicted octanol–water partition coefficient (Wildman–Crippen LogP) is 2.95. The summed E-state index contributed by atoms with van der Waals surface area (Å²) in [7, 11) is 0. The fourth-order valence-corrected chi connectivity index (χ4v) is 2.16. The fraction of sp³-hybridized carbons (Fsp3) is 0.0625. The number of hydrogen-bond donors (Lipinski definition) is 0. The minimum absolute atomic E-state index is 0.287. The lowest BCUT2D eigenvalue weighted by Gasteiger charge is -2.02. The SMILES string of the molecule is O=Cc1cn(Cc2cccc(F)c2)nc1-c1ccncc1. The third-order valence-corrected chi connectivity index (χ3v) is 3.10. The van der Waals surface area contributed by atoms with Crippen LogP contribution in [-0.4, -0.2) is 21.1 Å². The molecular weight excluding hydrogens is 269 g/mol. The first kappa shape index (κ1) is 13.2. The first-order valence-electron chi connectivity index (χ1n) is 6.44. The van der Waals surface area contributed by atoms with E-state index in [0.29, 0.717) is 17.8 Å². The normalized spacial score (nSPS) is 10.5. The molecule has 0 spiro atoms. The van der Waals surface area contributed by atoms with Crippen molar-refractivity contribution in [1.29, 1.82) is 0 Å². The number of halogens is 1. The average molecular weight is 281 g/mol. The molecule has 0 aliphatic rings. The minimum Gasteiger partial charge on any atom is -0.298 e. The highest BCUT2D eigenvalue weighted by molar-refractivity contribution is 5.85. The van der Waals surface area contributed by atoms with Crippen LogP contribution in [0.4, 0.5) is 4.39 Å². The van der Waals surface area contributed by atoms with Crippen LogP contribution >= 0.6 is 0 Å². The maximum Gasteiger partial charge on any atom is 0.153 e. The molecule has 0 amide bonds. The second-order valence-electron chi connectivity index (χ2n) is 4.61. The molecule has 5 heteroatoms. The number of pyridine rings is 1. The van der Waals surface area contributed by atoms with E-state index < -0.39 is 0 Å². The molecule has 4 nitrogen and oxygen atoms in total. The van der Waals surface area contributed by atoms with Gasteiger partial charge in [-0.15, -0.1) is 0 Å². The summed E-state index contributed by atoms with van der Waals surface area (Å²) in [5.74, 6) is -0.287. The number of carbonyl (C=O) groups is 1. The zero-order valence-electron chi connectivity index (χ0n) is 11.1. The van der Waals surface area contributed by atoms with E-state index in [0.717, 1.165) is 17.4 Å². The molecule has 0 N–H and O–H groups in total. The van der Waals surface area contributed by atoms with E-state index in [1.165, 1.54) is 12.1 Å². The van der Waals surface area contributed by atoms with Crippen molar-refractivity contribution in [2.45, 2.75) is 6.54 Å². The Morgan fingerprint density at radius 2 is 2.00 bits per heavy atom. The molecule has 0 radical (unpaired) electrons. The van der Waals surface area contributed by atoms with Gasteiger partial charge in [0.2, 0.25) is 0 Å². The van der Waals surface area contributed by atoms with Crippen molar-refractivity contribution >= 4 is 6.29 Å². The van der Waals surface area contributed by atoms with Crippen LogP contribution in [0.25, 0.3) is 11.3 Å². The monoisotopic (exact) mass is 281 g/mol. The van der Waals surface area contributed by atoms with Gasteiger partial charge >= 0.3 is 0 Å². The van der Waals surface area contributed by atoms with Crippen LogP contribution < -0.4 is 0 Å². The Hall–Kier alpha value is -2.82. The number of carbonyl (C=O) groups excluding carboxylic acids is 1. The van der Waals surface area contributed by atoms with Crippen molar-refractivity contribution < 1.29 is 9.18 Å². The molecule has 21 heavy (non-hydrogen) atoms. The van der Waals surface area contributed by atoms with Gasteiger partial charge in [0.05, 0.1) is 12.1 Å². The third kappa shape index (κ3) is 2.86. The lowest BCUT2D eigenvalue weighted by atomic mass is 10.1. The van der Waals surface area contributed by atoms with Crippen molar-refractivity contribution in [3.05, 3.63) is 71.9 Å². The van der Waals surface area contributed by atoms with Crippen LogP contribution in [-0.2, 0) is 6.54 Å². The highest BCUT2D eigenvalue weighted by atomic mass is 19.1. The van der Waals surface area contributed by atoms with Crippen molar-refractivity contribution in [3.63, 3.8) is 0 Å². The first-order valence-corrected chi connectivity index (χ1v) is 6.44. The Morgan fingerprint density at radius 3 is 2.71 bits per heavy atom. The van der Waals surface area contributed by atoms with E-state index in [2.05, 4.69) is 10.1 Å². The lowest BCUT2D eigenvalue weighted by molar-refractivity contribution is 0.112. The second-order valence-corrected chi connectivity index (χ2v) is 4.61. The number of aromatic nitrogens is 3. The van der Waals surface area contributed by atoms with E-state index in [9.17, 15) is 9.18 Å². The number of nitrogens with zero attached hydrogens (tertiary/aromatic N) is 3. The average Bonchev–Trinajstić information content (AvgIpc) is 2.91. The third-order valence-electron chi connectivity index (χ3n) is 3.10. The Kier molecular flexibility index (Phi) is 3.55. The van der Waals surface area contributed by atoms with E-state index in [-0.39, 0.29) is 5.82 Å². The summed E-state index contributed by atoms with van der Waals surface area (Å²) in [6.07, 6.45) is 5.73. The molecule has 0 bridgehead atoms. The van der Waals surface area contributed by atoms with Crippen LogP contribution in [0.2, 0.25) is 0 Å². The Morgan fingerprint density at radius 1 is 1.19 bits per heavy atom. The molecule has 3 rings (SSSR count). The summed E-state index contributed by atoms with van der Waals surface area (Å²) >= 11 is 0. The van der Waals surface area contributed by atoms with Gasteiger partial charge in [0, 0.05) is 24.2 Å². The van der Waals surface area contributed by atoms with Crippen molar-refractivity contribution in [3.8, 4) is 11.3 Å². The zero-order chi connectivity index (χ0) is 14.7. The van der Waals surface area contributed by atoms with E-state index >= 15 is 0 Å². The number of hydrogen-bond acceptors (Lipinski definition) is 3. The Balaban J connectivity index is 1.95. The molecule has 0 saturated carbocycles. The van der Waals surface area contributed by atoms with Gasteiger partial charge in [-0.2, -0.15) is 5.10 Å². The fourth-order valence-electron chi connectivity index (χ4n) is 2.16. The van der Waals surface area contributed by atoms with E-state index in [1.807, 2.05) is 6.07 Å². The molecule has 0 saturated heterocycles. The molecule has 0 atom stereocenters. The van der Waals surface area contributed by atoms with Gasteiger partial charge in [0.15, 0.2) is 6.29 Å². The van der Waals surface area contributed by atoms with Crippen LogP contribution in [0, 0.1) is 5.82 Å². The van der Waals surface area contributed by atoms with Gasteiger partial charge in [-0.05, 0) is 29.8 Å². The van der Waals surface area contributed by atoms with Crippen molar-refractivity contribution in [1.82, 2.24) is 14.8 Å². The van der Waals surface area contributed by atoms with Gasteiger partial charge < -0.3 is 0 Å². The van der Waals surface area contributed by atoms with Crippen molar-refractivity contribution in [2.75, 3.05) is 0 Å². The van der Waals surface area contributed by atoms with E-state index in [1.54, 1.807) is 41.5 Å². The van der Waals surface area contributed by atoms with Gasteiger partial charge in [-0.1, -0.05) is 12.1 Å². The summed E-state index contributed by atoms with van der Waals surface area (Å²) in [4.78, 5) is 15.1. The summed E-state index contributed by atoms with van der Waals surface area (Å²) in [6, 6.07) is 9.90. The zero-order valence-corrected chi connectivity index (χ0v) is 11.1. The van der Waals surface area contributed by atoms with Gasteiger partial charge in [-0.3, -0.25) is 14.5 Å². The number of rotatable bonds is 4. The van der Waals surface area contributed by atoms with E-state index in [4.69, 9.17) is 0 Å². The molecule has 0 fully saturated rings. The van der Waals surface area contributed by atoms with Crippen molar-refractivity contribution in [2.24, 2.45) is 0 Å². The highest BCUT2D eigenvalue weighted by Crippen LogP contribution is 2.20. The summed E-state index contributed by atoms with van der Waals surface area (Å²) in [5, 5.41) is 4.41. The molecule has 2 aromatic heterocycles. The number of benzene rings is 1. The largest absolute Gasteiger partial charge is 0.298 e. The molecule has 2 heterocycles. The molecule has 104 valence electrons. The maximum absolute atomic E-state index is 13.2. The smallest absolute Gasteiger partial charge is 0.153 e. The topological polar surface area (TPSA) is 47.8 Å². The second kappa shape index (κ2) is 5.66. The molecule has 3 aromatic rings. The molecular formula is C16H12FN3O. The van der Waals surface area contributed by atoms with Crippen LogP contribution in [0.1, 0.15) is 15.9 Å². The molecule has 0 aliphatic heterocycles. The lowest BCUT2D eigenvalue weighted by Crippen LogP contribution is -2.00. The summed E-state index contributed by atoms with van der Waals surface area (Å²) < 4.78 is 14.8. The van der Waals surface area contributed by atoms with Gasteiger partial charge in [-0.25, -0.2) is 4.39 Å². The molecule has 1 aromatic carbocycles. The minimum atomic E-state index is -0.287. The predicted molar refractivity (Wildman–Crippen MR) is 76.3 cm³/mol.